The number of carbonyl (C=O) groups excluding carboxylic acids is 1. The largest absolute Gasteiger partial charge is 0.336 e. The highest BCUT2D eigenvalue weighted by molar-refractivity contribution is 9.10. The molecule has 2 rings (SSSR count). The molecule has 1 aliphatic rings. The zero-order chi connectivity index (χ0) is 13.3. The van der Waals surface area contributed by atoms with E-state index in [2.05, 4.69) is 21.2 Å². The van der Waals surface area contributed by atoms with E-state index in [1.807, 2.05) is 6.92 Å². The molecular formula is C12H13BrF2N2O. The molecule has 1 amide bonds. The number of halogens is 3. The SMILES string of the molecule is CC1CN(C(=O)c2c(F)ccc(Br)c2F)CCN1. The van der Waals surface area contributed by atoms with Gasteiger partial charge in [0.2, 0.25) is 0 Å². The average molecular weight is 319 g/mol. The Morgan fingerprint density at radius 3 is 2.89 bits per heavy atom. The lowest BCUT2D eigenvalue weighted by Gasteiger charge is -2.32. The van der Waals surface area contributed by atoms with Gasteiger partial charge in [-0.1, -0.05) is 0 Å². The third kappa shape index (κ3) is 2.54. The van der Waals surface area contributed by atoms with Crippen molar-refractivity contribution >= 4 is 21.8 Å². The van der Waals surface area contributed by atoms with Gasteiger partial charge in [-0.05, 0) is 35.0 Å². The van der Waals surface area contributed by atoms with Gasteiger partial charge in [0, 0.05) is 25.7 Å². The van der Waals surface area contributed by atoms with Crippen LogP contribution in [-0.4, -0.2) is 36.5 Å². The summed E-state index contributed by atoms with van der Waals surface area (Å²) in [6.45, 7) is 3.45. The van der Waals surface area contributed by atoms with Crippen LogP contribution < -0.4 is 5.32 Å². The first kappa shape index (κ1) is 13.4. The van der Waals surface area contributed by atoms with E-state index in [9.17, 15) is 13.6 Å². The summed E-state index contributed by atoms with van der Waals surface area (Å²) in [4.78, 5) is 13.6. The van der Waals surface area contributed by atoms with E-state index < -0.39 is 23.1 Å². The van der Waals surface area contributed by atoms with Gasteiger partial charge in [-0.3, -0.25) is 4.79 Å². The van der Waals surface area contributed by atoms with Crippen molar-refractivity contribution in [3.8, 4) is 0 Å². The number of hydrogen-bond donors (Lipinski definition) is 1. The highest BCUT2D eigenvalue weighted by Gasteiger charge is 2.27. The molecule has 18 heavy (non-hydrogen) atoms. The number of nitrogens with zero attached hydrogens (tertiary/aromatic N) is 1. The molecule has 1 fully saturated rings. The summed E-state index contributed by atoms with van der Waals surface area (Å²) in [5.74, 6) is -2.27. The van der Waals surface area contributed by atoms with Gasteiger partial charge >= 0.3 is 0 Å². The monoisotopic (exact) mass is 318 g/mol. The highest BCUT2D eigenvalue weighted by Crippen LogP contribution is 2.23. The molecule has 0 bridgehead atoms. The van der Waals surface area contributed by atoms with Crippen molar-refractivity contribution in [1.82, 2.24) is 10.2 Å². The second-order valence-electron chi connectivity index (χ2n) is 4.32. The Kier molecular flexibility index (Phi) is 3.97. The lowest BCUT2D eigenvalue weighted by molar-refractivity contribution is 0.0699. The normalized spacial score (nSPS) is 20.0. The highest BCUT2D eigenvalue weighted by atomic mass is 79.9. The van der Waals surface area contributed by atoms with E-state index in [1.54, 1.807) is 0 Å². The van der Waals surface area contributed by atoms with Gasteiger partial charge < -0.3 is 10.2 Å². The Hall–Kier alpha value is -1.01. The van der Waals surface area contributed by atoms with Gasteiger partial charge in [-0.25, -0.2) is 8.78 Å². The maximum atomic E-state index is 13.8. The van der Waals surface area contributed by atoms with Crippen LogP contribution in [0.3, 0.4) is 0 Å². The third-order valence-corrected chi connectivity index (χ3v) is 3.53. The Morgan fingerprint density at radius 2 is 2.22 bits per heavy atom. The van der Waals surface area contributed by atoms with E-state index in [0.717, 1.165) is 6.07 Å². The van der Waals surface area contributed by atoms with Crippen LogP contribution in [0.25, 0.3) is 0 Å². The maximum absolute atomic E-state index is 13.8. The molecule has 1 aliphatic heterocycles. The van der Waals surface area contributed by atoms with Crippen molar-refractivity contribution in [2.24, 2.45) is 0 Å². The van der Waals surface area contributed by atoms with Gasteiger partial charge in [-0.2, -0.15) is 0 Å². The molecule has 6 heteroatoms. The van der Waals surface area contributed by atoms with Crippen molar-refractivity contribution in [3.63, 3.8) is 0 Å². The van der Waals surface area contributed by atoms with Gasteiger partial charge in [0.25, 0.3) is 5.91 Å². The molecule has 1 atom stereocenters. The van der Waals surface area contributed by atoms with Crippen molar-refractivity contribution in [1.29, 1.82) is 0 Å². The van der Waals surface area contributed by atoms with E-state index in [1.165, 1.54) is 11.0 Å². The fourth-order valence-corrected chi connectivity index (χ4v) is 2.33. The minimum absolute atomic E-state index is 0.0930. The molecule has 1 aromatic carbocycles. The van der Waals surface area contributed by atoms with Gasteiger partial charge in [0.1, 0.15) is 11.4 Å². The summed E-state index contributed by atoms with van der Waals surface area (Å²) in [5, 5.41) is 3.17. The van der Waals surface area contributed by atoms with Crippen molar-refractivity contribution in [2.45, 2.75) is 13.0 Å². The molecule has 0 spiro atoms. The van der Waals surface area contributed by atoms with E-state index in [0.29, 0.717) is 19.6 Å². The Bertz CT molecular complexity index is 481. The molecule has 1 saturated heterocycles. The quantitative estimate of drug-likeness (QED) is 0.805. The second-order valence-corrected chi connectivity index (χ2v) is 5.18. The van der Waals surface area contributed by atoms with Crippen LogP contribution in [-0.2, 0) is 0 Å². The summed E-state index contributed by atoms with van der Waals surface area (Å²) < 4.78 is 27.5. The standard InChI is InChI=1S/C12H13BrF2N2O/c1-7-6-17(5-4-16-7)12(18)10-9(14)3-2-8(13)11(10)15/h2-3,7,16H,4-6H2,1H3. The first-order chi connectivity index (χ1) is 8.50. The summed E-state index contributed by atoms with van der Waals surface area (Å²) in [7, 11) is 0. The van der Waals surface area contributed by atoms with Crippen LogP contribution in [0, 0.1) is 11.6 Å². The van der Waals surface area contributed by atoms with Crippen molar-refractivity contribution in [3.05, 3.63) is 33.8 Å². The van der Waals surface area contributed by atoms with Crippen LogP contribution in [0.1, 0.15) is 17.3 Å². The summed E-state index contributed by atoms with van der Waals surface area (Å²) in [6, 6.07) is 2.47. The number of rotatable bonds is 1. The molecule has 0 radical (unpaired) electrons. The fourth-order valence-electron chi connectivity index (χ4n) is 2.00. The van der Waals surface area contributed by atoms with Crippen LogP contribution in [0.2, 0.25) is 0 Å². The number of piperazine rings is 1. The zero-order valence-corrected chi connectivity index (χ0v) is 11.4. The fraction of sp³-hybridized carbons (Fsp3) is 0.417. The summed E-state index contributed by atoms with van der Waals surface area (Å²) in [6.07, 6.45) is 0. The summed E-state index contributed by atoms with van der Waals surface area (Å²) in [5.41, 5.74) is -0.488. The average Bonchev–Trinajstić information content (AvgIpc) is 2.34. The van der Waals surface area contributed by atoms with Crippen LogP contribution in [0.5, 0.6) is 0 Å². The summed E-state index contributed by atoms with van der Waals surface area (Å²) >= 11 is 2.96. The molecule has 3 nitrogen and oxygen atoms in total. The topological polar surface area (TPSA) is 32.3 Å². The van der Waals surface area contributed by atoms with Crippen LogP contribution in [0.4, 0.5) is 8.78 Å². The smallest absolute Gasteiger partial charge is 0.259 e. The predicted molar refractivity (Wildman–Crippen MR) is 67.4 cm³/mol. The van der Waals surface area contributed by atoms with Crippen molar-refractivity contribution < 1.29 is 13.6 Å². The Morgan fingerprint density at radius 1 is 1.50 bits per heavy atom. The molecule has 98 valence electrons. The van der Waals surface area contributed by atoms with Crippen molar-refractivity contribution in [2.75, 3.05) is 19.6 Å². The molecule has 1 N–H and O–H groups in total. The van der Waals surface area contributed by atoms with E-state index in [-0.39, 0.29) is 10.5 Å². The van der Waals surface area contributed by atoms with Gasteiger partial charge in [0.15, 0.2) is 5.82 Å². The Labute approximate surface area is 112 Å². The molecule has 0 aliphatic carbocycles. The van der Waals surface area contributed by atoms with Crippen LogP contribution >= 0.6 is 15.9 Å². The minimum atomic E-state index is -0.841. The van der Waals surface area contributed by atoms with Crippen LogP contribution in [0.15, 0.2) is 16.6 Å². The molecule has 0 saturated carbocycles. The van der Waals surface area contributed by atoms with E-state index >= 15 is 0 Å². The first-order valence-electron chi connectivity index (χ1n) is 5.67. The number of carbonyl (C=O) groups is 1. The maximum Gasteiger partial charge on any atom is 0.259 e. The predicted octanol–water partition coefficient (Wildman–Crippen LogP) is 2.16. The lowest BCUT2D eigenvalue weighted by Crippen LogP contribution is -2.51. The van der Waals surface area contributed by atoms with Gasteiger partial charge in [0.05, 0.1) is 4.47 Å². The molecule has 1 aromatic rings. The molecule has 1 unspecified atom stereocenters. The number of amides is 1. The third-order valence-electron chi connectivity index (χ3n) is 2.91. The first-order valence-corrected chi connectivity index (χ1v) is 6.46. The molecule has 1 heterocycles. The lowest BCUT2D eigenvalue weighted by atomic mass is 10.1. The molecule has 0 aromatic heterocycles. The second kappa shape index (κ2) is 5.32. The molecular weight excluding hydrogens is 306 g/mol. The van der Waals surface area contributed by atoms with Gasteiger partial charge in [-0.15, -0.1) is 0 Å². The minimum Gasteiger partial charge on any atom is -0.336 e. The van der Waals surface area contributed by atoms with E-state index in [4.69, 9.17) is 0 Å². The zero-order valence-electron chi connectivity index (χ0n) is 9.84. The number of nitrogens with one attached hydrogen (secondary N) is 1. The Balaban J connectivity index is 2.31. The number of hydrogen-bond acceptors (Lipinski definition) is 2. The number of benzene rings is 1.